The third-order valence-electron chi connectivity index (χ3n) is 4.45. The van der Waals surface area contributed by atoms with Crippen LogP contribution < -0.4 is 10.6 Å². The number of benzene rings is 1. The van der Waals surface area contributed by atoms with Gasteiger partial charge in [0.25, 0.3) is 0 Å². The van der Waals surface area contributed by atoms with E-state index in [1.807, 2.05) is 58.9 Å². The third-order valence-corrected chi connectivity index (χ3v) is 4.45. The van der Waals surface area contributed by atoms with Gasteiger partial charge < -0.3 is 20.3 Å². The summed E-state index contributed by atoms with van der Waals surface area (Å²) in [7, 11) is 0. The monoisotopic (exact) mass is 419 g/mol. The van der Waals surface area contributed by atoms with Crippen LogP contribution in [0, 0.1) is 6.92 Å². The molecule has 0 radical (unpaired) electrons. The minimum atomic E-state index is -0.796. The van der Waals surface area contributed by atoms with Gasteiger partial charge in [0.1, 0.15) is 18.2 Å². The van der Waals surface area contributed by atoms with Gasteiger partial charge in [-0.05, 0) is 60.5 Å². The molecule has 0 fully saturated rings. The Hall–Kier alpha value is -2.57. The molecular formula is C23H37N3O4. The summed E-state index contributed by atoms with van der Waals surface area (Å²) in [5.74, 6) is -0.595. The van der Waals surface area contributed by atoms with Crippen LogP contribution in [0.5, 0.6) is 0 Å². The predicted octanol–water partition coefficient (Wildman–Crippen LogP) is 3.71. The number of amides is 3. The van der Waals surface area contributed by atoms with E-state index in [9.17, 15) is 14.4 Å². The molecule has 1 aromatic rings. The second-order valence-corrected chi connectivity index (χ2v) is 8.89. The Labute approximate surface area is 180 Å². The highest BCUT2D eigenvalue weighted by Gasteiger charge is 2.34. The zero-order valence-electron chi connectivity index (χ0n) is 19.5. The largest absolute Gasteiger partial charge is 0.444 e. The molecular weight excluding hydrogens is 382 g/mol. The lowest BCUT2D eigenvalue weighted by molar-refractivity contribution is -0.142. The molecule has 0 heterocycles. The van der Waals surface area contributed by atoms with Crippen LogP contribution >= 0.6 is 0 Å². The Kier molecular flexibility index (Phi) is 9.33. The molecule has 0 aliphatic rings. The molecule has 2 N–H and O–H groups in total. The van der Waals surface area contributed by atoms with Gasteiger partial charge in [-0.15, -0.1) is 0 Å². The van der Waals surface area contributed by atoms with Crippen LogP contribution in [-0.2, 0) is 14.3 Å². The van der Waals surface area contributed by atoms with Crippen LogP contribution in [0.15, 0.2) is 24.3 Å². The number of nitrogens with zero attached hydrogens (tertiary/aromatic N) is 1. The van der Waals surface area contributed by atoms with Crippen molar-refractivity contribution < 1.29 is 19.1 Å². The van der Waals surface area contributed by atoms with E-state index in [0.717, 1.165) is 11.1 Å². The minimum absolute atomic E-state index is 0.0708. The molecule has 30 heavy (non-hydrogen) atoms. The highest BCUT2D eigenvalue weighted by molar-refractivity contribution is 5.90. The summed E-state index contributed by atoms with van der Waals surface area (Å²) >= 11 is 0. The predicted molar refractivity (Wildman–Crippen MR) is 118 cm³/mol. The van der Waals surface area contributed by atoms with E-state index in [2.05, 4.69) is 10.6 Å². The Morgan fingerprint density at radius 2 is 1.77 bits per heavy atom. The van der Waals surface area contributed by atoms with Gasteiger partial charge in [-0.1, -0.05) is 36.8 Å². The molecule has 3 amide bonds. The molecule has 0 aliphatic heterocycles. The van der Waals surface area contributed by atoms with Gasteiger partial charge >= 0.3 is 6.09 Å². The molecule has 7 heteroatoms. The van der Waals surface area contributed by atoms with Gasteiger partial charge in [-0.2, -0.15) is 0 Å². The number of hydrogen-bond donors (Lipinski definition) is 2. The fraction of sp³-hybridized carbons (Fsp3) is 0.609. The van der Waals surface area contributed by atoms with E-state index in [0.29, 0.717) is 6.42 Å². The van der Waals surface area contributed by atoms with Crippen LogP contribution in [-0.4, -0.2) is 47.0 Å². The standard InChI is InChI=1S/C23H37N3O4/c1-9-17(5)26(19(27)14-24-22(29)30-23(6,7)8)20(21(28)25-15(2)3)18-12-10-11-16(4)13-18/h10-13,15,17,20H,9,14H2,1-8H3,(H,24,29)(H,25,28). The molecule has 168 valence electrons. The summed E-state index contributed by atoms with van der Waals surface area (Å²) in [6.45, 7) is 14.6. The van der Waals surface area contributed by atoms with Crippen molar-refractivity contribution in [3.05, 3.63) is 35.4 Å². The molecule has 0 saturated heterocycles. The van der Waals surface area contributed by atoms with Gasteiger partial charge in [-0.25, -0.2) is 4.79 Å². The first-order valence-corrected chi connectivity index (χ1v) is 10.5. The summed E-state index contributed by atoms with van der Waals surface area (Å²) in [6.07, 6.45) is -0.00573. The summed E-state index contributed by atoms with van der Waals surface area (Å²) in [5.41, 5.74) is 1.07. The van der Waals surface area contributed by atoms with Crippen molar-refractivity contribution in [3.63, 3.8) is 0 Å². The first kappa shape index (κ1) is 25.5. The number of nitrogens with one attached hydrogen (secondary N) is 2. The number of carbonyl (C=O) groups excluding carboxylic acids is 3. The molecule has 2 atom stereocenters. The van der Waals surface area contributed by atoms with Crippen molar-refractivity contribution in [1.29, 1.82) is 0 Å². The van der Waals surface area contributed by atoms with Crippen molar-refractivity contribution in [2.24, 2.45) is 0 Å². The number of alkyl carbamates (subject to hydrolysis) is 1. The Bertz CT molecular complexity index is 740. The maximum Gasteiger partial charge on any atom is 0.408 e. The van der Waals surface area contributed by atoms with Crippen molar-refractivity contribution in [2.75, 3.05) is 6.54 Å². The lowest BCUT2D eigenvalue weighted by Gasteiger charge is -2.36. The van der Waals surface area contributed by atoms with Crippen LogP contribution in [0.2, 0.25) is 0 Å². The maximum absolute atomic E-state index is 13.2. The Morgan fingerprint density at radius 1 is 1.13 bits per heavy atom. The van der Waals surface area contributed by atoms with Crippen LogP contribution in [0.3, 0.4) is 0 Å². The fourth-order valence-corrected chi connectivity index (χ4v) is 3.04. The van der Waals surface area contributed by atoms with E-state index in [1.54, 1.807) is 25.7 Å². The highest BCUT2D eigenvalue weighted by Crippen LogP contribution is 2.26. The second-order valence-electron chi connectivity index (χ2n) is 8.89. The Balaban J connectivity index is 3.21. The Morgan fingerprint density at radius 3 is 2.27 bits per heavy atom. The fourth-order valence-electron chi connectivity index (χ4n) is 3.04. The highest BCUT2D eigenvalue weighted by atomic mass is 16.6. The van der Waals surface area contributed by atoms with Crippen molar-refractivity contribution >= 4 is 17.9 Å². The summed E-state index contributed by atoms with van der Waals surface area (Å²) in [5, 5.41) is 5.44. The van der Waals surface area contributed by atoms with E-state index in [1.165, 1.54) is 0 Å². The summed E-state index contributed by atoms with van der Waals surface area (Å²) in [4.78, 5) is 39.9. The van der Waals surface area contributed by atoms with Crippen LogP contribution in [0.4, 0.5) is 4.79 Å². The van der Waals surface area contributed by atoms with Crippen LogP contribution in [0.25, 0.3) is 0 Å². The summed E-state index contributed by atoms with van der Waals surface area (Å²) < 4.78 is 5.22. The molecule has 1 rings (SSSR count). The molecule has 0 saturated carbocycles. The van der Waals surface area contributed by atoms with Gasteiger partial charge in [0.2, 0.25) is 11.8 Å². The third kappa shape index (κ3) is 8.05. The number of aryl methyl sites for hydroxylation is 1. The number of ether oxygens (including phenoxy) is 1. The van der Waals surface area contributed by atoms with E-state index in [-0.39, 0.29) is 30.4 Å². The maximum atomic E-state index is 13.2. The molecule has 2 unspecified atom stereocenters. The zero-order valence-corrected chi connectivity index (χ0v) is 19.5. The molecule has 0 bridgehead atoms. The number of hydrogen-bond acceptors (Lipinski definition) is 4. The van der Waals surface area contributed by atoms with Gasteiger partial charge in [0, 0.05) is 12.1 Å². The lowest BCUT2D eigenvalue weighted by atomic mass is 9.99. The molecule has 7 nitrogen and oxygen atoms in total. The smallest absolute Gasteiger partial charge is 0.408 e. The van der Waals surface area contributed by atoms with Gasteiger partial charge in [0.05, 0.1) is 0 Å². The van der Waals surface area contributed by atoms with Crippen LogP contribution in [0.1, 0.15) is 72.1 Å². The number of carbonyl (C=O) groups is 3. The average molecular weight is 420 g/mol. The summed E-state index contributed by atoms with van der Waals surface area (Å²) in [6, 6.07) is 6.50. The minimum Gasteiger partial charge on any atom is -0.444 e. The topological polar surface area (TPSA) is 87.7 Å². The zero-order chi connectivity index (χ0) is 23.1. The molecule has 1 aromatic carbocycles. The lowest BCUT2D eigenvalue weighted by Crippen LogP contribution is -2.51. The number of rotatable bonds is 8. The first-order valence-electron chi connectivity index (χ1n) is 10.5. The van der Waals surface area contributed by atoms with Crippen molar-refractivity contribution in [1.82, 2.24) is 15.5 Å². The van der Waals surface area contributed by atoms with E-state index >= 15 is 0 Å². The second kappa shape index (κ2) is 11.0. The molecule has 0 spiro atoms. The van der Waals surface area contributed by atoms with E-state index < -0.39 is 17.7 Å². The molecule has 0 aromatic heterocycles. The van der Waals surface area contributed by atoms with Crippen molar-refractivity contribution in [2.45, 2.75) is 85.5 Å². The van der Waals surface area contributed by atoms with Gasteiger partial charge in [-0.3, -0.25) is 9.59 Å². The SMILES string of the molecule is CCC(C)N(C(=O)CNC(=O)OC(C)(C)C)C(C(=O)NC(C)C)c1cccc(C)c1. The van der Waals surface area contributed by atoms with Gasteiger partial charge in [0.15, 0.2) is 0 Å². The quantitative estimate of drug-likeness (QED) is 0.672. The van der Waals surface area contributed by atoms with E-state index in [4.69, 9.17) is 4.74 Å². The van der Waals surface area contributed by atoms with Crippen molar-refractivity contribution in [3.8, 4) is 0 Å². The first-order chi connectivity index (χ1) is 13.9. The normalized spacial score (nSPS) is 13.4. The molecule has 0 aliphatic carbocycles. The average Bonchev–Trinajstić information content (AvgIpc) is 2.61.